The van der Waals surface area contributed by atoms with Crippen LogP contribution in [0.5, 0.6) is 0 Å². The molecule has 0 bridgehead atoms. The Morgan fingerprint density at radius 2 is 0.452 bits per heavy atom. The van der Waals surface area contributed by atoms with Gasteiger partial charge in [-0.25, -0.2) is 0 Å². The molecular formula is C60H40N2. The van der Waals surface area contributed by atoms with E-state index in [9.17, 15) is 0 Å². The zero-order valence-electron chi connectivity index (χ0n) is 34.0. The number of hydrogen-bond acceptors (Lipinski definition) is 0. The van der Waals surface area contributed by atoms with Gasteiger partial charge < -0.3 is 9.13 Å². The third-order valence-corrected chi connectivity index (χ3v) is 12.5. The highest BCUT2D eigenvalue weighted by Gasteiger charge is 2.18. The summed E-state index contributed by atoms with van der Waals surface area (Å²) in [6, 6.07) is 88.4. The monoisotopic (exact) mass is 788 g/mol. The van der Waals surface area contributed by atoms with Crippen LogP contribution in [0.4, 0.5) is 0 Å². The Hall–Kier alpha value is -8.20. The molecule has 62 heavy (non-hydrogen) atoms. The van der Waals surface area contributed by atoms with Crippen LogP contribution < -0.4 is 0 Å². The van der Waals surface area contributed by atoms with E-state index in [4.69, 9.17) is 0 Å². The number of benzene rings is 10. The van der Waals surface area contributed by atoms with Gasteiger partial charge in [0.15, 0.2) is 0 Å². The minimum absolute atomic E-state index is 1.14. The first kappa shape index (κ1) is 35.7. The number of nitrogens with zero attached hydrogens (tertiary/aromatic N) is 2. The Bertz CT molecular complexity index is 3560. The van der Waals surface area contributed by atoms with Gasteiger partial charge in [-0.05, 0) is 122 Å². The maximum Gasteiger partial charge on any atom is 0.0547 e. The van der Waals surface area contributed by atoms with Crippen LogP contribution in [0.25, 0.3) is 111 Å². The second kappa shape index (κ2) is 14.8. The molecule has 290 valence electrons. The molecule has 0 spiro atoms. The van der Waals surface area contributed by atoms with Gasteiger partial charge in [0.05, 0.1) is 22.1 Å². The van der Waals surface area contributed by atoms with Gasteiger partial charge in [0, 0.05) is 32.9 Å². The number of hydrogen-bond donors (Lipinski definition) is 0. The molecule has 0 N–H and O–H groups in total. The van der Waals surface area contributed by atoms with Crippen LogP contribution in [-0.2, 0) is 0 Å². The summed E-state index contributed by atoms with van der Waals surface area (Å²) in [6.45, 7) is 0. The van der Waals surface area contributed by atoms with Gasteiger partial charge in [0.2, 0.25) is 0 Å². The summed E-state index contributed by atoms with van der Waals surface area (Å²) in [5.41, 5.74) is 19.1. The van der Waals surface area contributed by atoms with Gasteiger partial charge in [-0.3, -0.25) is 0 Å². The first-order valence-electron chi connectivity index (χ1n) is 21.3. The summed E-state index contributed by atoms with van der Waals surface area (Å²) in [5, 5.41) is 4.94. The van der Waals surface area contributed by atoms with Crippen LogP contribution in [0, 0.1) is 0 Å². The van der Waals surface area contributed by atoms with Crippen LogP contribution in [0.1, 0.15) is 0 Å². The summed E-state index contributed by atoms with van der Waals surface area (Å²) in [7, 11) is 0. The van der Waals surface area contributed by atoms with E-state index in [1.54, 1.807) is 0 Å². The number of aromatic nitrogens is 2. The minimum atomic E-state index is 1.14. The molecule has 0 aliphatic heterocycles. The van der Waals surface area contributed by atoms with Crippen molar-refractivity contribution in [3.63, 3.8) is 0 Å². The first-order chi connectivity index (χ1) is 30.7. The van der Waals surface area contributed by atoms with E-state index in [1.807, 2.05) is 0 Å². The molecule has 2 aromatic heterocycles. The van der Waals surface area contributed by atoms with E-state index in [0.29, 0.717) is 0 Å². The van der Waals surface area contributed by atoms with Crippen molar-refractivity contribution in [3.8, 4) is 67.0 Å². The summed E-state index contributed by atoms with van der Waals surface area (Å²) < 4.78 is 4.85. The average molecular weight is 789 g/mol. The molecule has 0 amide bonds. The largest absolute Gasteiger partial charge is 0.309 e. The molecule has 0 aliphatic rings. The van der Waals surface area contributed by atoms with Crippen molar-refractivity contribution in [2.75, 3.05) is 0 Å². The van der Waals surface area contributed by atoms with Crippen molar-refractivity contribution in [1.82, 2.24) is 9.13 Å². The number of fused-ring (bicyclic) bond motifs is 6. The molecule has 2 heterocycles. The second-order valence-electron chi connectivity index (χ2n) is 16.2. The fourth-order valence-corrected chi connectivity index (χ4v) is 9.45. The van der Waals surface area contributed by atoms with Crippen molar-refractivity contribution >= 4 is 43.6 Å². The SMILES string of the molecule is c1ccc(-c2ccc(-n3c4ccc(-c5ccccc5)cc4c4cc(-c5ccc6c(c5)c5ccc(-c7ccccc7)cc5n6-c5ccc(-c6ccccc6)cc5)ccc43)cc2)cc1. The Labute approximate surface area is 360 Å². The molecule has 0 aliphatic carbocycles. The molecule has 0 radical (unpaired) electrons. The zero-order chi connectivity index (χ0) is 41.0. The lowest BCUT2D eigenvalue weighted by atomic mass is 9.99. The van der Waals surface area contributed by atoms with Crippen molar-refractivity contribution < 1.29 is 0 Å². The van der Waals surface area contributed by atoms with Gasteiger partial charge in [-0.15, -0.1) is 0 Å². The molecule has 12 rings (SSSR count). The van der Waals surface area contributed by atoms with Crippen LogP contribution in [0.3, 0.4) is 0 Å². The predicted octanol–water partition coefficient (Wildman–Crippen LogP) is 16.2. The molecule has 0 unspecified atom stereocenters. The van der Waals surface area contributed by atoms with Crippen LogP contribution in [0.2, 0.25) is 0 Å². The average Bonchev–Trinajstić information content (AvgIpc) is 3.86. The lowest BCUT2D eigenvalue weighted by Gasteiger charge is -2.11. The third-order valence-electron chi connectivity index (χ3n) is 12.5. The number of rotatable bonds is 7. The molecule has 0 atom stereocenters. The Kier molecular flexibility index (Phi) is 8.53. The summed E-state index contributed by atoms with van der Waals surface area (Å²) >= 11 is 0. The van der Waals surface area contributed by atoms with E-state index in [-0.39, 0.29) is 0 Å². The summed E-state index contributed by atoms with van der Waals surface area (Å²) in [5.74, 6) is 0. The fourth-order valence-electron chi connectivity index (χ4n) is 9.45. The Morgan fingerprint density at radius 3 is 0.855 bits per heavy atom. The molecular weight excluding hydrogens is 749 g/mol. The van der Waals surface area contributed by atoms with E-state index in [0.717, 1.165) is 11.4 Å². The summed E-state index contributed by atoms with van der Waals surface area (Å²) in [4.78, 5) is 0. The molecule has 10 aromatic carbocycles. The van der Waals surface area contributed by atoms with Crippen molar-refractivity contribution in [2.24, 2.45) is 0 Å². The lowest BCUT2D eigenvalue weighted by Crippen LogP contribution is -1.94. The van der Waals surface area contributed by atoms with Crippen LogP contribution in [-0.4, -0.2) is 9.13 Å². The molecule has 2 nitrogen and oxygen atoms in total. The second-order valence-corrected chi connectivity index (χ2v) is 16.2. The standard InChI is InChI=1S/C60H40N2/c1-5-13-41(14-6-1)45-21-29-51(30-22-45)61-58-34-26-47(43-17-9-3-10-18-43)37-55(58)56-39-49(28-36-59(56)61)48-27-35-57-54(38-48)53-33-25-50(44-19-11-4-12-20-44)40-60(53)62(57)52-31-23-46(24-32-52)42-15-7-2-8-16-42/h1-40H. The normalized spacial score (nSPS) is 11.5. The van der Waals surface area contributed by atoms with E-state index in [1.165, 1.54) is 99.2 Å². The maximum atomic E-state index is 2.43. The zero-order valence-corrected chi connectivity index (χ0v) is 34.0. The van der Waals surface area contributed by atoms with Crippen molar-refractivity contribution in [2.45, 2.75) is 0 Å². The fraction of sp³-hybridized carbons (Fsp3) is 0. The first-order valence-corrected chi connectivity index (χ1v) is 21.3. The molecule has 0 saturated carbocycles. The Morgan fingerprint density at radius 1 is 0.177 bits per heavy atom. The maximum absolute atomic E-state index is 2.43. The predicted molar refractivity (Wildman–Crippen MR) is 262 cm³/mol. The molecule has 0 fully saturated rings. The van der Waals surface area contributed by atoms with Crippen LogP contribution in [0.15, 0.2) is 243 Å². The lowest BCUT2D eigenvalue weighted by molar-refractivity contribution is 1.18. The van der Waals surface area contributed by atoms with Gasteiger partial charge in [-0.1, -0.05) is 176 Å². The van der Waals surface area contributed by atoms with Crippen molar-refractivity contribution in [3.05, 3.63) is 243 Å². The topological polar surface area (TPSA) is 9.86 Å². The summed E-state index contributed by atoms with van der Waals surface area (Å²) in [6.07, 6.45) is 0. The van der Waals surface area contributed by atoms with Crippen LogP contribution >= 0.6 is 0 Å². The van der Waals surface area contributed by atoms with Gasteiger partial charge in [0.1, 0.15) is 0 Å². The molecule has 0 saturated heterocycles. The smallest absolute Gasteiger partial charge is 0.0547 e. The van der Waals surface area contributed by atoms with Gasteiger partial charge in [-0.2, -0.15) is 0 Å². The highest BCUT2D eigenvalue weighted by molar-refractivity contribution is 6.14. The van der Waals surface area contributed by atoms with E-state index in [2.05, 4.69) is 252 Å². The van der Waals surface area contributed by atoms with Crippen molar-refractivity contribution in [1.29, 1.82) is 0 Å². The minimum Gasteiger partial charge on any atom is -0.309 e. The highest BCUT2D eigenvalue weighted by Crippen LogP contribution is 2.41. The molecule has 2 heteroatoms. The van der Waals surface area contributed by atoms with Gasteiger partial charge in [0.25, 0.3) is 0 Å². The quantitative estimate of drug-likeness (QED) is 0.152. The molecule has 12 aromatic rings. The van der Waals surface area contributed by atoms with E-state index >= 15 is 0 Å². The third kappa shape index (κ3) is 6.12. The van der Waals surface area contributed by atoms with Gasteiger partial charge >= 0.3 is 0 Å². The Balaban J connectivity index is 1.02. The highest BCUT2D eigenvalue weighted by atomic mass is 15.0. The van der Waals surface area contributed by atoms with E-state index < -0.39 is 0 Å².